The van der Waals surface area contributed by atoms with Crippen LogP contribution in [-0.2, 0) is 0 Å². The molecule has 0 aromatic rings. The molecule has 2 atom stereocenters. The molecule has 0 saturated heterocycles. The molecule has 2 N–H and O–H groups in total. The van der Waals surface area contributed by atoms with Crippen molar-refractivity contribution in [3.8, 4) is 0 Å². The van der Waals surface area contributed by atoms with Crippen LogP contribution in [0.4, 0.5) is 0 Å². The van der Waals surface area contributed by atoms with Gasteiger partial charge in [0.25, 0.3) is 0 Å². The van der Waals surface area contributed by atoms with Gasteiger partial charge in [-0.3, -0.25) is 0 Å². The Morgan fingerprint density at radius 3 is 2.60 bits per heavy atom. The van der Waals surface area contributed by atoms with Gasteiger partial charge in [0, 0.05) is 16.5 Å². The number of hydrogen-bond acceptors (Lipinski definition) is 2. The molecule has 2 nitrogen and oxygen atoms in total. The molecular formula is C11H16Br2O2. The summed E-state index contributed by atoms with van der Waals surface area (Å²) in [5.41, 5.74) is 0. The third kappa shape index (κ3) is 3.25. The minimum atomic E-state index is -0.0837. The Morgan fingerprint density at radius 2 is 2.00 bits per heavy atom. The normalized spacial score (nSPS) is 26.7. The number of aliphatic hydroxyl groups excluding tert-OH is 2. The highest BCUT2D eigenvalue weighted by molar-refractivity contribution is 9.12. The average molecular weight is 340 g/mol. The minimum absolute atomic E-state index is 0.0837. The van der Waals surface area contributed by atoms with Crippen LogP contribution in [0.3, 0.4) is 0 Å². The third-order valence-electron chi connectivity index (χ3n) is 2.61. The van der Waals surface area contributed by atoms with E-state index in [2.05, 4.69) is 38.8 Å². The minimum Gasteiger partial charge on any atom is -0.511 e. The van der Waals surface area contributed by atoms with Gasteiger partial charge in [-0.2, -0.15) is 0 Å². The Balaban J connectivity index is 2.67. The van der Waals surface area contributed by atoms with Crippen molar-refractivity contribution in [1.82, 2.24) is 0 Å². The van der Waals surface area contributed by atoms with Gasteiger partial charge in [0.2, 0.25) is 0 Å². The lowest BCUT2D eigenvalue weighted by molar-refractivity contribution is 0.337. The van der Waals surface area contributed by atoms with Crippen LogP contribution in [0.2, 0.25) is 0 Å². The van der Waals surface area contributed by atoms with Crippen molar-refractivity contribution in [2.45, 2.75) is 37.4 Å². The number of unbranched alkanes of at least 4 members (excludes halogenated alkanes) is 2. The second kappa shape index (κ2) is 5.94. The topological polar surface area (TPSA) is 40.5 Å². The number of aliphatic hydroxyl groups is 2. The molecule has 1 aliphatic rings. The number of hydrogen-bond donors (Lipinski definition) is 2. The van der Waals surface area contributed by atoms with Crippen molar-refractivity contribution >= 4 is 31.9 Å². The van der Waals surface area contributed by atoms with Gasteiger partial charge in [0.15, 0.2) is 0 Å². The summed E-state index contributed by atoms with van der Waals surface area (Å²) in [5, 5.41) is 19.2. The molecule has 0 aromatic heterocycles. The fourth-order valence-corrected chi connectivity index (χ4v) is 3.32. The van der Waals surface area contributed by atoms with Crippen LogP contribution in [0.25, 0.3) is 0 Å². The van der Waals surface area contributed by atoms with E-state index in [-0.39, 0.29) is 22.3 Å². The summed E-state index contributed by atoms with van der Waals surface area (Å²) in [6.45, 7) is 2.16. The van der Waals surface area contributed by atoms with Crippen LogP contribution in [-0.4, -0.2) is 15.0 Å². The van der Waals surface area contributed by atoms with Gasteiger partial charge in [0.1, 0.15) is 11.5 Å². The van der Waals surface area contributed by atoms with Gasteiger partial charge >= 0.3 is 0 Å². The molecule has 2 unspecified atom stereocenters. The molecular weight excluding hydrogens is 324 g/mol. The SMILES string of the molecule is CCCCCC1C(Br)=C(O)C=C(O)C1Br. The molecule has 0 radical (unpaired) electrons. The lowest BCUT2D eigenvalue weighted by atomic mass is 9.92. The summed E-state index contributed by atoms with van der Waals surface area (Å²) < 4.78 is 0.790. The zero-order valence-electron chi connectivity index (χ0n) is 8.71. The molecule has 15 heavy (non-hydrogen) atoms. The van der Waals surface area contributed by atoms with Crippen LogP contribution < -0.4 is 0 Å². The van der Waals surface area contributed by atoms with Crippen molar-refractivity contribution in [2.75, 3.05) is 0 Å². The van der Waals surface area contributed by atoms with Crippen LogP contribution in [0.1, 0.15) is 32.6 Å². The Kier molecular flexibility index (Phi) is 5.19. The molecule has 86 valence electrons. The number of alkyl halides is 1. The van der Waals surface area contributed by atoms with E-state index in [0.717, 1.165) is 17.3 Å². The predicted molar refractivity (Wildman–Crippen MR) is 69.6 cm³/mol. The van der Waals surface area contributed by atoms with Crippen LogP contribution in [0.15, 0.2) is 22.1 Å². The van der Waals surface area contributed by atoms with Crippen molar-refractivity contribution in [3.63, 3.8) is 0 Å². The Hall–Kier alpha value is 0.0400. The smallest absolute Gasteiger partial charge is 0.129 e. The average Bonchev–Trinajstić information content (AvgIpc) is 2.20. The Labute approximate surface area is 107 Å². The monoisotopic (exact) mass is 338 g/mol. The van der Waals surface area contributed by atoms with Crippen molar-refractivity contribution in [3.05, 3.63) is 22.1 Å². The summed E-state index contributed by atoms with van der Waals surface area (Å²) >= 11 is 6.83. The molecule has 0 spiro atoms. The molecule has 0 heterocycles. The maximum absolute atomic E-state index is 9.59. The summed E-state index contributed by atoms with van der Waals surface area (Å²) in [6, 6.07) is 0. The van der Waals surface area contributed by atoms with Gasteiger partial charge < -0.3 is 10.2 Å². The van der Waals surface area contributed by atoms with Crippen molar-refractivity contribution in [1.29, 1.82) is 0 Å². The zero-order valence-corrected chi connectivity index (χ0v) is 11.9. The van der Waals surface area contributed by atoms with Crippen molar-refractivity contribution in [2.24, 2.45) is 5.92 Å². The Bertz CT molecular complexity index is 284. The number of allylic oxidation sites excluding steroid dienone is 3. The molecule has 0 aromatic carbocycles. The van der Waals surface area contributed by atoms with Gasteiger partial charge in [-0.25, -0.2) is 0 Å². The molecule has 0 amide bonds. The fraction of sp³-hybridized carbons (Fsp3) is 0.636. The van der Waals surface area contributed by atoms with Crippen LogP contribution in [0.5, 0.6) is 0 Å². The van der Waals surface area contributed by atoms with E-state index in [0.29, 0.717) is 0 Å². The largest absolute Gasteiger partial charge is 0.511 e. The van der Waals surface area contributed by atoms with Crippen LogP contribution in [0, 0.1) is 5.92 Å². The van der Waals surface area contributed by atoms with Gasteiger partial charge in [-0.15, -0.1) is 0 Å². The zero-order chi connectivity index (χ0) is 11.4. The summed E-state index contributed by atoms with van der Waals surface area (Å²) in [7, 11) is 0. The molecule has 1 aliphatic carbocycles. The number of halogens is 2. The highest BCUT2D eigenvalue weighted by atomic mass is 79.9. The maximum atomic E-state index is 9.59. The second-order valence-electron chi connectivity index (χ2n) is 3.81. The molecule has 4 heteroatoms. The van der Waals surface area contributed by atoms with E-state index in [9.17, 15) is 10.2 Å². The first-order chi connectivity index (χ1) is 7.07. The van der Waals surface area contributed by atoms with E-state index >= 15 is 0 Å². The maximum Gasteiger partial charge on any atom is 0.129 e. The van der Waals surface area contributed by atoms with Gasteiger partial charge in [-0.1, -0.05) is 58.0 Å². The lowest BCUT2D eigenvalue weighted by Crippen LogP contribution is -2.21. The first kappa shape index (κ1) is 13.1. The molecule has 0 bridgehead atoms. The molecule has 1 rings (SSSR count). The highest BCUT2D eigenvalue weighted by Gasteiger charge is 2.30. The van der Waals surface area contributed by atoms with E-state index in [1.165, 1.54) is 18.9 Å². The van der Waals surface area contributed by atoms with E-state index in [1.54, 1.807) is 0 Å². The summed E-state index contributed by atoms with van der Waals surface area (Å²) in [6.07, 6.45) is 5.82. The molecule has 0 aliphatic heterocycles. The quantitative estimate of drug-likeness (QED) is 0.582. The lowest BCUT2D eigenvalue weighted by Gasteiger charge is -2.26. The number of rotatable bonds is 4. The van der Waals surface area contributed by atoms with Gasteiger partial charge in [0.05, 0.1) is 4.83 Å². The van der Waals surface area contributed by atoms with Gasteiger partial charge in [-0.05, 0) is 6.42 Å². The fourth-order valence-electron chi connectivity index (χ4n) is 1.70. The standard InChI is InChI=1S/C11H16Br2O2/c1-2-3-4-5-7-10(12)8(14)6-9(15)11(7)13/h6-7,10,14-15H,2-5H2,1H3. The van der Waals surface area contributed by atoms with Crippen LogP contribution >= 0.6 is 31.9 Å². The Morgan fingerprint density at radius 1 is 1.33 bits per heavy atom. The second-order valence-corrected chi connectivity index (χ2v) is 5.65. The first-order valence-electron chi connectivity index (χ1n) is 5.21. The molecule has 0 saturated carbocycles. The van der Waals surface area contributed by atoms with E-state index in [1.807, 2.05) is 0 Å². The van der Waals surface area contributed by atoms with E-state index in [4.69, 9.17) is 0 Å². The highest BCUT2D eigenvalue weighted by Crippen LogP contribution is 2.39. The third-order valence-corrected chi connectivity index (χ3v) is 4.71. The summed E-state index contributed by atoms with van der Waals surface area (Å²) in [5.74, 6) is 0.489. The van der Waals surface area contributed by atoms with E-state index < -0.39 is 0 Å². The predicted octanol–water partition coefficient (Wildman–Crippen LogP) is 4.57. The summed E-state index contributed by atoms with van der Waals surface area (Å²) in [4.78, 5) is -0.0837. The first-order valence-corrected chi connectivity index (χ1v) is 6.92. The molecule has 0 fully saturated rings. The van der Waals surface area contributed by atoms with Crippen molar-refractivity contribution < 1.29 is 10.2 Å².